The number of hydrogen-bond donors (Lipinski definition) is 1. The van der Waals surface area contributed by atoms with Crippen LogP contribution in [0.1, 0.15) is 34.1 Å². The van der Waals surface area contributed by atoms with E-state index in [1.807, 2.05) is 49.6 Å². The van der Waals surface area contributed by atoms with Gasteiger partial charge in [-0.15, -0.1) is 18.9 Å². The molecular weight excluding hydrogens is 393 g/mol. The lowest BCUT2D eigenvalue weighted by molar-refractivity contribution is 0.0481. The molecule has 31 heavy (non-hydrogen) atoms. The molecule has 0 aromatic carbocycles. The van der Waals surface area contributed by atoms with Crippen molar-refractivity contribution in [3.8, 4) is 12.3 Å². The Balaban J connectivity index is 0. The maximum absolute atomic E-state index is 10.6. The molecule has 0 atom stereocenters. The Morgan fingerprint density at radius 1 is 1.42 bits per heavy atom. The number of allylic oxidation sites excluding steroid dienone is 6. The molecule has 0 saturated carbocycles. The van der Waals surface area contributed by atoms with E-state index in [-0.39, 0.29) is 0 Å². The third kappa shape index (κ3) is 20.1. The SMILES string of the molecule is C#CC.C=C/C(=C\C=C\OCCC(C)(C)O)N1C=CC(OC/C=C/C)=CC1.C=CCF. The highest BCUT2D eigenvalue weighted by Gasteiger charge is 2.11. The Kier molecular flexibility index (Phi) is 19.8. The second kappa shape index (κ2) is 20.3. The second-order valence-corrected chi connectivity index (χ2v) is 6.74. The lowest BCUT2D eigenvalue weighted by Gasteiger charge is -2.23. The van der Waals surface area contributed by atoms with Crippen molar-refractivity contribution < 1.29 is 19.0 Å². The summed E-state index contributed by atoms with van der Waals surface area (Å²) in [5.41, 5.74) is 0.269. The van der Waals surface area contributed by atoms with Gasteiger partial charge in [-0.05, 0) is 58.1 Å². The summed E-state index contributed by atoms with van der Waals surface area (Å²) in [6.45, 7) is 15.5. The van der Waals surface area contributed by atoms with Crippen molar-refractivity contribution in [1.29, 1.82) is 0 Å². The summed E-state index contributed by atoms with van der Waals surface area (Å²) in [6, 6.07) is 0. The van der Waals surface area contributed by atoms with Crippen LogP contribution in [0.15, 0.2) is 85.7 Å². The zero-order valence-electron chi connectivity index (χ0n) is 19.4. The van der Waals surface area contributed by atoms with Gasteiger partial charge in [-0.3, -0.25) is 0 Å². The van der Waals surface area contributed by atoms with Gasteiger partial charge in [-0.1, -0.05) is 24.8 Å². The molecule has 0 aromatic heterocycles. The minimum atomic E-state index is -0.701. The van der Waals surface area contributed by atoms with E-state index in [9.17, 15) is 9.50 Å². The van der Waals surface area contributed by atoms with Crippen molar-refractivity contribution in [3.05, 3.63) is 85.7 Å². The Morgan fingerprint density at radius 2 is 2.06 bits per heavy atom. The third-order valence-corrected chi connectivity index (χ3v) is 3.41. The van der Waals surface area contributed by atoms with E-state index < -0.39 is 12.3 Å². The first-order chi connectivity index (χ1) is 14.8. The van der Waals surface area contributed by atoms with Crippen LogP contribution in [0, 0.1) is 12.3 Å². The Labute approximate surface area is 188 Å². The average Bonchev–Trinajstić information content (AvgIpc) is 2.74. The number of rotatable bonds is 11. The van der Waals surface area contributed by atoms with Gasteiger partial charge >= 0.3 is 0 Å². The van der Waals surface area contributed by atoms with Gasteiger partial charge in [0, 0.05) is 24.9 Å². The minimum absolute atomic E-state index is 0.417. The summed E-state index contributed by atoms with van der Waals surface area (Å²) >= 11 is 0. The molecule has 1 N–H and O–H groups in total. The number of hydrogen-bond acceptors (Lipinski definition) is 4. The summed E-state index contributed by atoms with van der Waals surface area (Å²) < 4.78 is 21.6. The van der Waals surface area contributed by atoms with Gasteiger partial charge in [-0.2, -0.15) is 0 Å². The van der Waals surface area contributed by atoms with Gasteiger partial charge < -0.3 is 19.5 Å². The van der Waals surface area contributed by atoms with Crippen molar-refractivity contribution in [2.45, 2.75) is 39.7 Å². The highest BCUT2D eigenvalue weighted by atomic mass is 19.1. The van der Waals surface area contributed by atoms with Crippen LogP contribution in [0.3, 0.4) is 0 Å². The molecule has 4 nitrogen and oxygen atoms in total. The predicted octanol–water partition coefficient (Wildman–Crippen LogP) is 5.83. The normalized spacial score (nSPS) is 13.4. The second-order valence-electron chi connectivity index (χ2n) is 6.74. The van der Waals surface area contributed by atoms with Crippen LogP contribution in [0.25, 0.3) is 0 Å². The molecule has 1 aliphatic rings. The van der Waals surface area contributed by atoms with Gasteiger partial charge in [0.1, 0.15) is 19.0 Å². The molecule has 0 bridgehead atoms. The molecule has 0 aliphatic carbocycles. The topological polar surface area (TPSA) is 41.9 Å². The van der Waals surface area contributed by atoms with Crippen molar-refractivity contribution in [1.82, 2.24) is 4.90 Å². The maximum atomic E-state index is 10.6. The summed E-state index contributed by atoms with van der Waals surface area (Å²) in [5.74, 6) is 3.12. The van der Waals surface area contributed by atoms with E-state index in [1.54, 1.807) is 33.1 Å². The first-order valence-corrected chi connectivity index (χ1v) is 10.1. The van der Waals surface area contributed by atoms with Gasteiger partial charge in [0.15, 0.2) is 0 Å². The van der Waals surface area contributed by atoms with Crippen LogP contribution in [0.4, 0.5) is 4.39 Å². The molecular formula is C26H38FNO3. The molecule has 0 saturated heterocycles. The molecule has 1 heterocycles. The van der Waals surface area contributed by atoms with Crippen molar-refractivity contribution in [2.75, 3.05) is 26.4 Å². The molecule has 1 aliphatic heterocycles. The maximum Gasteiger partial charge on any atom is 0.119 e. The number of halogens is 1. The summed E-state index contributed by atoms with van der Waals surface area (Å²) in [4.78, 5) is 2.07. The fraction of sp³-hybridized carbons (Fsp3) is 0.385. The number of terminal acetylenes is 1. The molecule has 0 amide bonds. The van der Waals surface area contributed by atoms with E-state index in [1.165, 1.54) is 6.08 Å². The van der Waals surface area contributed by atoms with Crippen LogP contribution in [0.2, 0.25) is 0 Å². The first kappa shape index (κ1) is 30.2. The highest BCUT2D eigenvalue weighted by molar-refractivity contribution is 5.28. The molecule has 0 unspecified atom stereocenters. The van der Waals surface area contributed by atoms with E-state index in [0.717, 1.165) is 18.0 Å². The van der Waals surface area contributed by atoms with Crippen molar-refractivity contribution >= 4 is 0 Å². The molecule has 5 heteroatoms. The van der Waals surface area contributed by atoms with Gasteiger partial charge in [-0.25, -0.2) is 4.39 Å². The molecule has 0 fully saturated rings. The van der Waals surface area contributed by atoms with Gasteiger partial charge in [0.05, 0.1) is 18.5 Å². The fourth-order valence-electron chi connectivity index (χ4n) is 1.87. The smallest absolute Gasteiger partial charge is 0.119 e. The highest BCUT2D eigenvalue weighted by Crippen LogP contribution is 2.15. The average molecular weight is 432 g/mol. The Bertz CT molecular complexity index is 674. The largest absolute Gasteiger partial charge is 0.501 e. The summed E-state index contributed by atoms with van der Waals surface area (Å²) in [6.07, 6.45) is 23.5. The lowest BCUT2D eigenvalue weighted by atomic mass is 10.1. The van der Waals surface area contributed by atoms with E-state index >= 15 is 0 Å². The monoisotopic (exact) mass is 431 g/mol. The lowest BCUT2D eigenvalue weighted by Crippen LogP contribution is -2.20. The number of alkyl halides is 1. The van der Waals surface area contributed by atoms with E-state index in [0.29, 0.717) is 19.6 Å². The van der Waals surface area contributed by atoms with Crippen LogP contribution in [0.5, 0.6) is 0 Å². The van der Waals surface area contributed by atoms with Crippen molar-refractivity contribution in [2.24, 2.45) is 0 Å². The van der Waals surface area contributed by atoms with Gasteiger partial charge in [0.2, 0.25) is 0 Å². The zero-order valence-corrected chi connectivity index (χ0v) is 19.4. The fourth-order valence-corrected chi connectivity index (χ4v) is 1.87. The molecule has 0 aromatic rings. The zero-order chi connectivity index (χ0) is 24.0. The third-order valence-electron chi connectivity index (χ3n) is 3.41. The summed E-state index contributed by atoms with van der Waals surface area (Å²) in [7, 11) is 0. The van der Waals surface area contributed by atoms with Crippen LogP contribution in [-0.4, -0.2) is 42.0 Å². The molecule has 172 valence electrons. The van der Waals surface area contributed by atoms with Crippen LogP contribution in [-0.2, 0) is 9.47 Å². The standard InChI is InChI=1S/C20H29NO3.C3H5F.C3H4/c1-5-7-16-24-19-10-13-21(14-11-19)18(6-2)9-8-15-23-17-12-20(3,4)22;1-2-3-4;1-3-2/h5-11,13,15,22H,2,12,14,16-17H2,1,3-4H3;2H,1,3H2;1H,2H3/b7-5+,15-8+,18-9+;;. The molecule has 0 spiro atoms. The van der Waals surface area contributed by atoms with Gasteiger partial charge in [0.25, 0.3) is 0 Å². The summed E-state index contributed by atoms with van der Waals surface area (Å²) in [5, 5.41) is 9.60. The molecule has 1 rings (SSSR count). The number of ether oxygens (including phenoxy) is 2. The van der Waals surface area contributed by atoms with E-state index in [2.05, 4.69) is 30.4 Å². The number of nitrogens with zero attached hydrogens (tertiary/aromatic N) is 1. The number of aliphatic hydroxyl groups is 1. The predicted molar refractivity (Wildman–Crippen MR) is 130 cm³/mol. The Hall–Kier alpha value is -2.97. The Morgan fingerprint density at radius 3 is 2.52 bits per heavy atom. The van der Waals surface area contributed by atoms with Crippen LogP contribution >= 0.6 is 0 Å². The first-order valence-electron chi connectivity index (χ1n) is 10.1. The molecule has 0 radical (unpaired) electrons. The van der Waals surface area contributed by atoms with Crippen LogP contribution < -0.4 is 0 Å². The van der Waals surface area contributed by atoms with Crippen molar-refractivity contribution in [3.63, 3.8) is 0 Å². The minimum Gasteiger partial charge on any atom is -0.501 e. The van der Waals surface area contributed by atoms with E-state index in [4.69, 9.17) is 9.47 Å². The quantitative estimate of drug-likeness (QED) is 0.147.